The molecule has 2 fully saturated rings. The third-order valence-corrected chi connectivity index (χ3v) is 8.16. The van der Waals surface area contributed by atoms with E-state index >= 15 is 0 Å². The van der Waals surface area contributed by atoms with Crippen molar-refractivity contribution in [1.29, 1.82) is 0 Å². The summed E-state index contributed by atoms with van der Waals surface area (Å²) in [7, 11) is 0. The molecule has 190 valence electrons. The number of benzene rings is 4. The number of ketones is 2. The molecule has 0 saturated carbocycles. The van der Waals surface area contributed by atoms with E-state index in [-0.39, 0.29) is 11.1 Å². The fraction of sp³-hybridized carbons (Fsp3) is 0.152. The Kier molecular flexibility index (Phi) is 5.06. The van der Waals surface area contributed by atoms with Gasteiger partial charge in [-0.1, -0.05) is 96.6 Å². The van der Waals surface area contributed by atoms with Crippen LogP contribution in [0.25, 0.3) is 11.1 Å². The van der Waals surface area contributed by atoms with E-state index in [0.29, 0.717) is 11.3 Å². The minimum absolute atomic E-state index is 0.219. The zero-order valence-electron chi connectivity index (χ0n) is 21.0. The molecule has 3 aliphatic rings. The Morgan fingerprint density at radius 3 is 1.82 bits per heavy atom. The van der Waals surface area contributed by atoms with Crippen molar-refractivity contribution >= 4 is 29.1 Å². The number of rotatable bonds is 3. The van der Waals surface area contributed by atoms with Crippen LogP contribution in [0.5, 0.6) is 0 Å². The lowest BCUT2D eigenvalue weighted by Gasteiger charge is -2.27. The van der Waals surface area contributed by atoms with Crippen molar-refractivity contribution in [1.82, 2.24) is 0 Å². The molecule has 2 saturated heterocycles. The summed E-state index contributed by atoms with van der Waals surface area (Å²) in [6.07, 6.45) is -0.928. The molecule has 4 aromatic rings. The fourth-order valence-electron chi connectivity index (χ4n) is 6.26. The summed E-state index contributed by atoms with van der Waals surface area (Å²) in [5.41, 5.74) is 2.36. The Labute approximate surface area is 224 Å². The maximum atomic E-state index is 14.1. The molecule has 0 aromatic heterocycles. The molecule has 3 atom stereocenters. The van der Waals surface area contributed by atoms with Crippen molar-refractivity contribution in [2.75, 3.05) is 4.90 Å². The molecule has 39 heavy (non-hydrogen) atoms. The number of hydrogen-bond donors (Lipinski definition) is 0. The maximum Gasteiger partial charge on any atom is 0.241 e. The number of nitrogens with zero attached hydrogens (tertiary/aromatic N) is 1. The number of carbonyl (C=O) groups excluding carboxylic acids is 4. The van der Waals surface area contributed by atoms with Gasteiger partial charge in [-0.2, -0.15) is 0 Å². The average molecular weight is 514 g/mol. The van der Waals surface area contributed by atoms with E-state index in [1.165, 1.54) is 0 Å². The smallest absolute Gasteiger partial charge is 0.241 e. The summed E-state index contributed by atoms with van der Waals surface area (Å²) < 4.78 is 6.34. The molecular formula is C33H23NO5. The van der Waals surface area contributed by atoms with Crippen molar-refractivity contribution in [2.45, 2.75) is 18.6 Å². The van der Waals surface area contributed by atoms with Crippen molar-refractivity contribution < 1.29 is 23.9 Å². The first-order chi connectivity index (χ1) is 18.9. The van der Waals surface area contributed by atoms with Gasteiger partial charge in [0.1, 0.15) is 0 Å². The molecule has 1 spiro atoms. The number of carbonyl (C=O) groups is 4. The summed E-state index contributed by atoms with van der Waals surface area (Å²) in [5.74, 6) is -4.47. The predicted octanol–water partition coefficient (Wildman–Crippen LogP) is 5.36. The summed E-state index contributed by atoms with van der Waals surface area (Å²) in [6.45, 7) is 1.94. The van der Waals surface area contributed by atoms with Gasteiger partial charge in [0.15, 0.2) is 0 Å². The highest BCUT2D eigenvalue weighted by atomic mass is 16.5. The Hall–Kier alpha value is -4.68. The van der Waals surface area contributed by atoms with Crippen LogP contribution in [0.2, 0.25) is 0 Å². The van der Waals surface area contributed by atoms with Gasteiger partial charge in [0.05, 0.1) is 23.6 Å². The largest absolute Gasteiger partial charge is 0.349 e. The summed E-state index contributed by atoms with van der Waals surface area (Å²) in [6, 6.07) is 30.8. The van der Waals surface area contributed by atoms with Gasteiger partial charge in [-0.3, -0.25) is 19.2 Å². The molecule has 2 heterocycles. The van der Waals surface area contributed by atoms with Gasteiger partial charge in [-0.15, -0.1) is 0 Å². The molecule has 2 aliphatic heterocycles. The number of ether oxygens (including phenoxy) is 1. The SMILES string of the molecule is Cc1ccc([C@@H]2OC3(C(=O)c4ccccc4C3=O)[C@@H]3C(=O)N(c4ccc(-c5ccccc5)cc4)C(=O)[C@H]32)cc1. The number of anilines is 1. The zero-order chi connectivity index (χ0) is 26.9. The van der Waals surface area contributed by atoms with E-state index in [1.807, 2.05) is 73.7 Å². The molecule has 0 radical (unpaired) electrons. The molecule has 0 bridgehead atoms. The second-order valence-corrected chi connectivity index (χ2v) is 10.3. The van der Waals surface area contributed by atoms with E-state index in [4.69, 9.17) is 4.74 Å². The molecule has 0 unspecified atom stereocenters. The number of amides is 2. The Morgan fingerprint density at radius 1 is 0.641 bits per heavy atom. The van der Waals surface area contributed by atoms with Crippen molar-refractivity contribution in [3.05, 3.63) is 125 Å². The topological polar surface area (TPSA) is 80.8 Å². The molecule has 6 nitrogen and oxygen atoms in total. The van der Waals surface area contributed by atoms with E-state index in [9.17, 15) is 19.2 Å². The van der Waals surface area contributed by atoms with Crippen LogP contribution in [-0.2, 0) is 14.3 Å². The minimum atomic E-state index is -2.07. The molecular weight excluding hydrogens is 490 g/mol. The van der Waals surface area contributed by atoms with Crippen LogP contribution in [-0.4, -0.2) is 29.0 Å². The number of hydrogen-bond acceptors (Lipinski definition) is 5. The number of imide groups is 1. The van der Waals surface area contributed by atoms with Crippen molar-refractivity contribution in [3.63, 3.8) is 0 Å². The lowest BCUT2D eigenvalue weighted by Crippen LogP contribution is -2.51. The lowest BCUT2D eigenvalue weighted by atomic mass is 9.77. The van der Waals surface area contributed by atoms with E-state index in [2.05, 4.69) is 0 Å². The Bertz CT molecular complexity index is 1640. The summed E-state index contributed by atoms with van der Waals surface area (Å²) >= 11 is 0. The van der Waals surface area contributed by atoms with Gasteiger partial charge in [-0.25, -0.2) is 4.90 Å². The predicted molar refractivity (Wildman–Crippen MR) is 144 cm³/mol. The highest BCUT2D eigenvalue weighted by Crippen LogP contribution is 2.57. The molecule has 6 heteroatoms. The van der Waals surface area contributed by atoms with E-state index in [1.54, 1.807) is 36.4 Å². The van der Waals surface area contributed by atoms with Crippen molar-refractivity contribution in [3.8, 4) is 11.1 Å². The van der Waals surface area contributed by atoms with Gasteiger partial charge >= 0.3 is 0 Å². The summed E-state index contributed by atoms with van der Waals surface area (Å²) in [4.78, 5) is 57.0. The Morgan fingerprint density at radius 2 is 1.21 bits per heavy atom. The quantitative estimate of drug-likeness (QED) is 0.272. The second kappa shape index (κ2) is 8.41. The highest BCUT2D eigenvalue weighted by Gasteiger charge is 2.74. The van der Waals surface area contributed by atoms with Crippen LogP contribution < -0.4 is 4.90 Å². The van der Waals surface area contributed by atoms with Crippen LogP contribution in [0.15, 0.2) is 103 Å². The molecule has 0 N–H and O–H groups in total. The normalized spacial score (nSPS) is 23.0. The number of aryl methyl sites for hydroxylation is 1. The second-order valence-electron chi connectivity index (χ2n) is 10.3. The van der Waals surface area contributed by atoms with Gasteiger partial charge in [0.25, 0.3) is 0 Å². The molecule has 2 amide bonds. The van der Waals surface area contributed by atoms with Gasteiger partial charge in [0.2, 0.25) is 29.0 Å². The van der Waals surface area contributed by atoms with Crippen LogP contribution in [0.1, 0.15) is 37.9 Å². The van der Waals surface area contributed by atoms with Crippen LogP contribution in [0.4, 0.5) is 5.69 Å². The van der Waals surface area contributed by atoms with Gasteiger partial charge in [0, 0.05) is 11.1 Å². The third-order valence-electron chi connectivity index (χ3n) is 8.16. The number of fused-ring (bicyclic) bond motifs is 3. The van der Waals surface area contributed by atoms with Gasteiger partial charge < -0.3 is 4.74 Å². The molecule has 4 aromatic carbocycles. The first kappa shape index (κ1) is 23.4. The molecule has 1 aliphatic carbocycles. The monoisotopic (exact) mass is 513 g/mol. The van der Waals surface area contributed by atoms with Crippen LogP contribution >= 0.6 is 0 Å². The summed E-state index contributed by atoms with van der Waals surface area (Å²) in [5, 5.41) is 0. The minimum Gasteiger partial charge on any atom is -0.349 e. The van der Waals surface area contributed by atoms with E-state index in [0.717, 1.165) is 21.6 Å². The standard InChI is InChI=1S/C33H23NO5/c1-19-11-13-22(14-12-19)28-26-27(33(39-28)29(35)24-9-5-6-10-25(24)30(33)36)32(38)34(31(26)37)23-17-15-21(16-18-23)20-7-3-2-4-8-20/h2-18,26-28H,1H3/t26-,27+,28+/m1/s1. The fourth-order valence-corrected chi connectivity index (χ4v) is 6.26. The molecule has 7 rings (SSSR count). The third kappa shape index (κ3) is 3.18. The lowest BCUT2D eigenvalue weighted by molar-refractivity contribution is -0.127. The first-order valence-electron chi connectivity index (χ1n) is 12.9. The Balaban J connectivity index is 1.34. The van der Waals surface area contributed by atoms with Crippen LogP contribution in [0, 0.1) is 18.8 Å². The van der Waals surface area contributed by atoms with E-state index < -0.39 is 46.9 Å². The van der Waals surface area contributed by atoms with Gasteiger partial charge in [-0.05, 0) is 35.7 Å². The van der Waals surface area contributed by atoms with Crippen LogP contribution in [0.3, 0.4) is 0 Å². The highest BCUT2D eigenvalue weighted by molar-refractivity contribution is 6.37. The maximum absolute atomic E-state index is 14.1. The zero-order valence-corrected chi connectivity index (χ0v) is 21.0. The average Bonchev–Trinajstić information content (AvgIpc) is 3.54. The number of Topliss-reactive ketones (excluding diaryl/α,β-unsaturated/α-hetero) is 2. The van der Waals surface area contributed by atoms with Crippen molar-refractivity contribution in [2.24, 2.45) is 11.8 Å². The first-order valence-corrected chi connectivity index (χ1v) is 12.9.